The number of hydrogen-bond acceptors (Lipinski definition) is 6. The highest BCUT2D eigenvalue weighted by atomic mass is 16.2. The summed E-state index contributed by atoms with van der Waals surface area (Å²) in [5.41, 5.74) is 7.77. The molecule has 3 aromatic rings. The summed E-state index contributed by atoms with van der Waals surface area (Å²) in [5.74, 6) is -0.270. The van der Waals surface area contributed by atoms with Gasteiger partial charge in [0.2, 0.25) is 5.91 Å². The van der Waals surface area contributed by atoms with Gasteiger partial charge in [-0.05, 0) is 50.6 Å². The van der Waals surface area contributed by atoms with Crippen LogP contribution in [0.1, 0.15) is 26.3 Å². The van der Waals surface area contributed by atoms with Crippen LogP contribution in [0.2, 0.25) is 0 Å². The molecule has 0 spiro atoms. The summed E-state index contributed by atoms with van der Waals surface area (Å²) in [7, 11) is 0. The number of anilines is 4. The Morgan fingerprint density at radius 2 is 1.56 bits per heavy atom. The van der Waals surface area contributed by atoms with Crippen LogP contribution in [0.25, 0.3) is 0 Å². The molecule has 0 saturated carbocycles. The van der Waals surface area contributed by atoms with Crippen LogP contribution in [-0.4, -0.2) is 41.6 Å². The fourth-order valence-electron chi connectivity index (χ4n) is 3.87. The highest BCUT2D eigenvalue weighted by Gasteiger charge is 2.20. The zero-order chi connectivity index (χ0) is 24.7. The van der Waals surface area contributed by atoms with Crippen LogP contribution in [-0.2, 0) is 11.3 Å². The molecule has 2 aromatic carbocycles. The number of H-pyrrole nitrogens is 1. The number of nitrogen functional groups attached to an aromatic ring is 1. The minimum atomic E-state index is -0.620. The average molecular weight is 465 g/mol. The molecule has 0 radical (unpaired) electrons. The second kappa shape index (κ2) is 11.2. The molecule has 0 bridgehead atoms. The number of benzene rings is 2. The molecule has 0 atom stereocenters. The zero-order valence-corrected chi connectivity index (χ0v) is 19.9. The van der Waals surface area contributed by atoms with Crippen LogP contribution in [0, 0.1) is 0 Å². The first-order chi connectivity index (χ1) is 16.4. The molecule has 1 amide bonds. The highest BCUT2D eigenvalue weighted by Crippen LogP contribution is 2.19. The first kappa shape index (κ1) is 24.6. The number of rotatable bonds is 10. The van der Waals surface area contributed by atoms with Crippen molar-refractivity contribution in [3.63, 3.8) is 0 Å². The lowest BCUT2D eigenvalue weighted by Crippen LogP contribution is -2.41. The van der Waals surface area contributed by atoms with E-state index in [9.17, 15) is 14.4 Å². The lowest BCUT2D eigenvalue weighted by atomic mass is 10.2. The lowest BCUT2D eigenvalue weighted by molar-refractivity contribution is -0.115. The fourth-order valence-corrected chi connectivity index (χ4v) is 3.87. The Labute approximate surface area is 198 Å². The van der Waals surface area contributed by atoms with Gasteiger partial charge in [0.15, 0.2) is 0 Å². The van der Waals surface area contributed by atoms with E-state index >= 15 is 0 Å². The molecule has 0 aliphatic heterocycles. The van der Waals surface area contributed by atoms with Gasteiger partial charge in [-0.3, -0.25) is 19.1 Å². The van der Waals surface area contributed by atoms with Crippen molar-refractivity contribution in [1.29, 1.82) is 0 Å². The summed E-state index contributed by atoms with van der Waals surface area (Å²) in [6.07, 6.45) is 0. The molecule has 34 heavy (non-hydrogen) atoms. The molecule has 4 N–H and O–H groups in total. The molecular formula is C25H32N6O3. The zero-order valence-electron chi connectivity index (χ0n) is 19.9. The van der Waals surface area contributed by atoms with Gasteiger partial charge in [0.25, 0.3) is 5.56 Å². The number of nitrogens with one attached hydrogen (secondary N) is 2. The first-order valence-electron chi connectivity index (χ1n) is 11.4. The number of hydrogen-bond donors (Lipinski definition) is 3. The van der Waals surface area contributed by atoms with Crippen LogP contribution >= 0.6 is 0 Å². The van der Waals surface area contributed by atoms with Crippen molar-refractivity contribution in [2.24, 2.45) is 0 Å². The number of carbonyl (C=O) groups is 1. The summed E-state index contributed by atoms with van der Waals surface area (Å²) >= 11 is 0. The number of amides is 1. The van der Waals surface area contributed by atoms with Gasteiger partial charge in [0, 0.05) is 31.0 Å². The maximum absolute atomic E-state index is 12.8. The second-order valence-corrected chi connectivity index (χ2v) is 7.85. The van der Waals surface area contributed by atoms with Crippen LogP contribution in [0.15, 0.2) is 64.2 Å². The molecule has 1 heterocycles. The quantitative estimate of drug-likeness (QED) is 0.424. The minimum Gasteiger partial charge on any atom is -0.383 e. The van der Waals surface area contributed by atoms with Gasteiger partial charge >= 0.3 is 5.69 Å². The topological polar surface area (TPSA) is 116 Å². The summed E-state index contributed by atoms with van der Waals surface area (Å²) in [5, 5.41) is 2.86. The number of aromatic amines is 1. The summed E-state index contributed by atoms with van der Waals surface area (Å²) in [6.45, 7) is 8.27. The van der Waals surface area contributed by atoms with Gasteiger partial charge < -0.3 is 20.9 Å². The number of likely N-dealkylation sites (N-methyl/N-ethyl adjacent to an activating group) is 1. The van der Waals surface area contributed by atoms with Crippen LogP contribution < -0.4 is 32.1 Å². The molecule has 3 rings (SSSR count). The third-order valence-corrected chi connectivity index (χ3v) is 5.71. The number of aromatic nitrogens is 2. The fraction of sp³-hybridized carbons (Fsp3) is 0.320. The largest absolute Gasteiger partial charge is 0.383 e. The Kier molecular flexibility index (Phi) is 8.13. The van der Waals surface area contributed by atoms with E-state index in [-0.39, 0.29) is 30.5 Å². The Morgan fingerprint density at radius 1 is 0.941 bits per heavy atom. The lowest BCUT2D eigenvalue weighted by Gasteiger charge is -2.24. The van der Waals surface area contributed by atoms with Crippen LogP contribution in [0.5, 0.6) is 0 Å². The van der Waals surface area contributed by atoms with E-state index in [1.54, 1.807) is 4.90 Å². The molecule has 0 fully saturated rings. The minimum absolute atomic E-state index is 0.0239. The van der Waals surface area contributed by atoms with Crippen molar-refractivity contribution in [3.8, 4) is 0 Å². The molecule has 1 aromatic heterocycles. The van der Waals surface area contributed by atoms with E-state index in [1.165, 1.54) is 4.57 Å². The van der Waals surface area contributed by atoms with Crippen molar-refractivity contribution in [2.75, 3.05) is 47.0 Å². The Bertz CT molecular complexity index is 1210. The molecule has 9 heteroatoms. The summed E-state index contributed by atoms with van der Waals surface area (Å²) in [4.78, 5) is 43.9. The van der Waals surface area contributed by atoms with Crippen molar-refractivity contribution in [2.45, 2.75) is 27.3 Å². The van der Waals surface area contributed by atoms with Crippen LogP contribution in [0.3, 0.4) is 0 Å². The molecule has 9 nitrogen and oxygen atoms in total. The Morgan fingerprint density at radius 3 is 2.15 bits per heavy atom. The third kappa shape index (κ3) is 5.67. The van der Waals surface area contributed by atoms with E-state index in [0.717, 1.165) is 24.3 Å². The van der Waals surface area contributed by atoms with E-state index < -0.39 is 11.2 Å². The van der Waals surface area contributed by atoms with Gasteiger partial charge in [-0.25, -0.2) is 4.79 Å². The predicted octanol–water partition coefficient (Wildman–Crippen LogP) is 2.48. The molecule has 0 saturated heterocycles. The standard InChI is InChI=1S/C25H32N6O3/c1-4-29(5-2)20-14-12-19(13-15-20)27-21(32)17-30(6-3)22-23(26)31(25(34)28-24(22)33)16-18-10-8-7-9-11-18/h7-15H,4-6,16-17,26H2,1-3H3,(H,27,32)(H,28,33,34). The predicted molar refractivity (Wildman–Crippen MR) is 138 cm³/mol. The van der Waals surface area contributed by atoms with E-state index in [1.807, 2.05) is 61.5 Å². The van der Waals surface area contributed by atoms with Crippen LogP contribution in [0.4, 0.5) is 22.9 Å². The van der Waals surface area contributed by atoms with Crippen molar-refractivity contribution in [1.82, 2.24) is 9.55 Å². The normalized spacial score (nSPS) is 10.7. The third-order valence-electron chi connectivity index (χ3n) is 5.71. The van der Waals surface area contributed by atoms with E-state index in [0.29, 0.717) is 12.2 Å². The molecule has 0 aliphatic rings. The Hall–Kier alpha value is -4.01. The Balaban J connectivity index is 1.79. The van der Waals surface area contributed by atoms with Gasteiger partial charge in [0.1, 0.15) is 11.5 Å². The number of carbonyl (C=O) groups excluding carboxylic acids is 1. The molecule has 0 aliphatic carbocycles. The van der Waals surface area contributed by atoms with Gasteiger partial charge in [-0.15, -0.1) is 0 Å². The van der Waals surface area contributed by atoms with Crippen molar-refractivity contribution >= 4 is 28.8 Å². The summed E-state index contributed by atoms with van der Waals surface area (Å²) in [6, 6.07) is 17.0. The monoisotopic (exact) mass is 464 g/mol. The molecular weight excluding hydrogens is 432 g/mol. The average Bonchev–Trinajstić information content (AvgIpc) is 2.83. The number of nitrogens with two attached hydrogens (primary N) is 1. The first-order valence-corrected chi connectivity index (χ1v) is 11.4. The van der Waals surface area contributed by atoms with E-state index in [2.05, 4.69) is 29.0 Å². The second-order valence-electron chi connectivity index (χ2n) is 7.85. The van der Waals surface area contributed by atoms with Crippen molar-refractivity contribution in [3.05, 3.63) is 81.0 Å². The summed E-state index contributed by atoms with van der Waals surface area (Å²) < 4.78 is 1.30. The van der Waals surface area contributed by atoms with E-state index in [4.69, 9.17) is 5.73 Å². The van der Waals surface area contributed by atoms with Gasteiger partial charge in [-0.2, -0.15) is 0 Å². The van der Waals surface area contributed by atoms with Gasteiger partial charge in [-0.1, -0.05) is 30.3 Å². The smallest absolute Gasteiger partial charge is 0.330 e. The van der Waals surface area contributed by atoms with Gasteiger partial charge in [0.05, 0.1) is 13.1 Å². The number of nitrogens with zero attached hydrogens (tertiary/aromatic N) is 3. The molecule has 180 valence electrons. The maximum atomic E-state index is 12.8. The highest BCUT2D eigenvalue weighted by molar-refractivity contribution is 5.94. The molecule has 0 unspecified atom stereocenters. The SMILES string of the molecule is CCN(CC)c1ccc(NC(=O)CN(CC)c2c(N)n(Cc3ccccc3)c(=O)[nH]c2=O)cc1. The maximum Gasteiger partial charge on any atom is 0.330 e. The van der Waals surface area contributed by atoms with Crippen molar-refractivity contribution < 1.29 is 4.79 Å².